The molecule has 1 aliphatic rings. The van der Waals surface area contributed by atoms with E-state index in [1.54, 1.807) is 6.07 Å². The van der Waals surface area contributed by atoms with Crippen LogP contribution in [0.5, 0.6) is 0 Å². The molecule has 1 aliphatic heterocycles. The first-order valence-corrected chi connectivity index (χ1v) is 9.48. The van der Waals surface area contributed by atoms with Crippen molar-refractivity contribution in [2.24, 2.45) is 5.92 Å². The van der Waals surface area contributed by atoms with Crippen molar-refractivity contribution in [2.75, 3.05) is 23.3 Å². The number of rotatable bonds is 5. The summed E-state index contributed by atoms with van der Waals surface area (Å²) in [6.45, 7) is 1.18. The highest BCUT2D eigenvalue weighted by molar-refractivity contribution is 5.94. The highest BCUT2D eigenvalue weighted by Gasteiger charge is 2.27. The number of nitriles is 1. The van der Waals surface area contributed by atoms with Gasteiger partial charge in [0, 0.05) is 25.2 Å². The molecule has 1 N–H and O–H groups in total. The first kappa shape index (κ1) is 19.9. The second-order valence-corrected chi connectivity index (χ2v) is 6.96. The van der Waals surface area contributed by atoms with Gasteiger partial charge in [-0.05, 0) is 31.0 Å². The summed E-state index contributed by atoms with van der Waals surface area (Å²) >= 11 is 0. The van der Waals surface area contributed by atoms with Crippen molar-refractivity contribution in [3.63, 3.8) is 0 Å². The Morgan fingerprint density at radius 2 is 2.06 bits per heavy atom. The molecule has 31 heavy (non-hydrogen) atoms. The van der Waals surface area contributed by atoms with Crippen LogP contribution in [-0.4, -0.2) is 48.9 Å². The third kappa shape index (κ3) is 4.30. The Kier molecular flexibility index (Phi) is 5.48. The molecule has 0 radical (unpaired) electrons. The molecule has 3 aromatic rings. The molecule has 0 aliphatic carbocycles. The number of piperidine rings is 1. The standard InChI is InChI=1S/C19H17N9O3/c20-9-14-8-15(28(30)31)3-4-16(14)23-19(29)13-2-1-7-26(10-13)17-5-6-18(25-24-17)27-12-21-11-22-27/h3-6,8,11-13H,1-2,7,10H2,(H,23,29). The van der Waals surface area contributed by atoms with E-state index in [0.717, 1.165) is 19.0 Å². The fraction of sp³-hybridized carbons (Fsp3) is 0.263. The summed E-state index contributed by atoms with van der Waals surface area (Å²) in [7, 11) is 0. The predicted octanol–water partition coefficient (Wildman–Crippen LogP) is 1.69. The third-order valence-electron chi connectivity index (χ3n) is 5.00. The Balaban J connectivity index is 1.44. The van der Waals surface area contributed by atoms with Crippen LogP contribution in [0.2, 0.25) is 0 Å². The molecule has 12 nitrogen and oxygen atoms in total. The van der Waals surface area contributed by atoms with Gasteiger partial charge in [0.05, 0.1) is 22.1 Å². The van der Waals surface area contributed by atoms with Crippen molar-refractivity contribution in [1.82, 2.24) is 25.0 Å². The normalized spacial score (nSPS) is 15.8. The molecule has 1 fully saturated rings. The van der Waals surface area contributed by atoms with Gasteiger partial charge in [0.2, 0.25) is 5.91 Å². The molecule has 1 saturated heterocycles. The quantitative estimate of drug-likeness (QED) is 0.480. The highest BCUT2D eigenvalue weighted by atomic mass is 16.6. The SMILES string of the molecule is N#Cc1cc([N+](=O)[O-])ccc1NC(=O)C1CCCN(c2ccc(-n3cncn3)nn2)C1. The second kappa shape index (κ2) is 8.54. The van der Waals surface area contributed by atoms with Crippen LogP contribution in [0, 0.1) is 27.4 Å². The van der Waals surface area contributed by atoms with Gasteiger partial charge in [0.1, 0.15) is 18.7 Å². The zero-order valence-electron chi connectivity index (χ0n) is 16.2. The molecule has 1 aromatic carbocycles. The smallest absolute Gasteiger partial charge is 0.270 e. The minimum atomic E-state index is -0.583. The molecule has 1 unspecified atom stereocenters. The maximum Gasteiger partial charge on any atom is 0.270 e. The number of nitro groups is 1. The Morgan fingerprint density at radius 1 is 1.26 bits per heavy atom. The lowest BCUT2D eigenvalue weighted by atomic mass is 9.97. The first-order chi connectivity index (χ1) is 15.0. The van der Waals surface area contributed by atoms with E-state index in [4.69, 9.17) is 0 Å². The van der Waals surface area contributed by atoms with Gasteiger partial charge in [-0.2, -0.15) is 10.4 Å². The lowest BCUT2D eigenvalue weighted by molar-refractivity contribution is -0.384. The zero-order chi connectivity index (χ0) is 21.8. The Labute approximate surface area is 176 Å². The van der Waals surface area contributed by atoms with Crippen LogP contribution < -0.4 is 10.2 Å². The number of non-ortho nitro benzene ring substituents is 1. The number of hydrogen-bond acceptors (Lipinski definition) is 9. The van der Waals surface area contributed by atoms with Gasteiger partial charge in [-0.25, -0.2) is 9.67 Å². The van der Waals surface area contributed by atoms with Crippen LogP contribution in [0.15, 0.2) is 43.0 Å². The van der Waals surface area contributed by atoms with E-state index in [1.165, 1.54) is 29.5 Å². The first-order valence-electron chi connectivity index (χ1n) is 9.48. The predicted molar refractivity (Wildman–Crippen MR) is 108 cm³/mol. The van der Waals surface area contributed by atoms with Gasteiger partial charge in [-0.1, -0.05) is 0 Å². The molecule has 1 amide bonds. The van der Waals surface area contributed by atoms with Crippen molar-refractivity contribution < 1.29 is 9.72 Å². The van der Waals surface area contributed by atoms with E-state index in [-0.39, 0.29) is 28.8 Å². The zero-order valence-corrected chi connectivity index (χ0v) is 16.2. The molecule has 156 valence electrons. The topological polar surface area (TPSA) is 156 Å². The molecule has 4 rings (SSSR count). The van der Waals surface area contributed by atoms with Crippen molar-refractivity contribution in [3.8, 4) is 11.9 Å². The van der Waals surface area contributed by atoms with Crippen molar-refractivity contribution in [1.29, 1.82) is 5.26 Å². The van der Waals surface area contributed by atoms with Gasteiger partial charge in [-0.15, -0.1) is 10.2 Å². The lowest BCUT2D eigenvalue weighted by Crippen LogP contribution is -2.41. The molecule has 12 heteroatoms. The van der Waals surface area contributed by atoms with E-state index in [1.807, 2.05) is 17.0 Å². The third-order valence-corrected chi connectivity index (χ3v) is 5.00. The van der Waals surface area contributed by atoms with E-state index in [0.29, 0.717) is 24.6 Å². The molecule has 0 spiro atoms. The number of benzene rings is 1. The molecular weight excluding hydrogens is 402 g/mol. The van der Waals surface area contributed by atoms with Crippen LogP contribution in [-0.2, 0) is 4.79 Å². The minimum Gasteiger partial charge on any atom is -0.354 e. The van der Waals surface area contributed by atoms with Crippen molar-refractivity contribution in [3.05, 3.63) is 58.7 Å². The summed E-state index contributed by atoms with van der Waals surface area (Å²) < 4.78 is 1.50. The molecular formula is C19H17N9O3. The monoisotopic (exact) mass is 419 g/mol. The highest BCUT2D eigenvalue weighted by Crippen LogP contribution is 2.25. The summed E-state index contributed by atoms with van der Waals surface area (Å²) in [6.07, 6.45) is 4.41. The van der Waals surface area contributed by atoms with Crippen molar-refractivity contribution >= 4 is 23.1 Å². The van der Waals surface area contributed by atoms with Gasteiger partial charge < -0.3 is 10.2 Å². The maximum absolute atomic E-state index is 12.8. The van der Waals surface area contributed by atoms with Gasteiger partial charge in [0.25, 0.3) is 5.69 Å². The number of amides is 1. The van der Waals surface area contributed by atoms with Crippen molar-refractivity contribution in [2.45, 2.75) is 12.8 Å². The van der Waals surface area contributed by atoms with Gasteiger partial charge in [0.15, 0.2) is 11.6 Å². The van der Waals surface area contributed by atoms with E-state index < -0.39 is 4.92 Å². The summed E-state index contributed by atoms with van der Waals surface area (Å²) in [6, 6.07) is 9.27. The van der Waals surface area contributed by atoms with Gasteiger partial charge in [-0.3, -0.25) is 14.9 Å². The lowest BCUT2D eigenvalue weighted by Gasteiger charge is -2.32. The minimum absolute atomic E-state index is 0.0461. The van der Waals surface area contributed by atoms with Gasteiger partial charge >= 0.3 is 0 Å². The van der Waals surface area contributed by atoms with E-state index in [9.17, 15) is 20.2 Å². The average Bonchev–Trinajstić information content (AvgIpc) is 3.34. The second-order valence-electron chi connectivity index (χ2n) is 6.96. The Bertz CT molecular complexity index is 1140. The van der Waals surface area contributed by atoms with Crippen LogP contribution in [0.3, 0.4) is 0 Å². The van der Waals surface area contributed by atoms with E-state index in [2.05, 4.69) is 25.6 Å². The number of carbonyl (C=O) groups excluding carboxylic acids is 1. The number of carbonyl (C=O) groups is 1. The summed E-state index contributed by atoms with van der Waals surface area (Å²) in [4.78, 5) is 29.0. The fourth-order valence-electron chi connectivity index (χ4n) is 3.42. The maximum atomic E-state index is 12.8. The average molecular weight is 419 g/mol. The molecule has 1 atom stereocenters. The molecule has 3 heterocycles. The Hall–Kier alpha value is -4.40. The van der Waals surface area contributed by atoms with Crippen LogP contribution in [0.4, 0.5) is 17.2 Å². The number of nitro benzene ring substituents is 1. The fourth-order valence-corrected chi connectivity index (χ4v) is 3.42. The van der Waals surface area contributed by atoms with Crippen LogP contribution in [0.25, 0.3) is 5.82 Å². The number of aromatic nitrogens is 5. The largest absolute Gasteiger partial charge is 0.354 e. The summed E-state index contributed by atoms with van der Waals surface area (Å²) in [5.74, 6) is 0.610. The number of nitrogens with one attached hydrogen (secondary N) is 1. The Morgan fingerprint density at radius 3 is 2.74 bits per heavy atom. The number of nitrogens with zero attached hydrogens (tertiary/aromatic N) is 8. The number of anilines is 2. The molecule has 2 aromatic heterocycles. The van der Waals surface area contributed by atoms with E-state index >= 15 is 0 Å². The summed E-state index contributed by atoms with van der Waals surface area (Å²) in [5.41, 5.74) is 0.100. The van der Waals surface area contributed by atoms with Crippen LogP contribution >= 0.6 is 0 Å². The number of hydrogen-bond donors (Lipinski definition) is 1. The molecule has 0 bridgehead atoms. The van der Waals surface area contributed by atoms with Crippen LogP contribution in [0.1, 0.15) is 18.4 Å². The molecule has 0 saturated carbocycles. The summed E-state index contributed by atoms with van der Waals surface area (Å²) in [5, 5.41) is 35.3.